The number of carboxylic acids is 1. The van der Waals surface area contributed by atoms with Crippen molar-refractivity contribution in [3.8, 4) is 11.1 Å². The fourth-order valence-electron chi connectivity index (χ4n) is 4.45. The number of carbonyl (C=O) groups is 3. The molecule has 2 amide bonds. The van der Waals surface area contributed by atoms with Crippen molar-refractivity contribution in [3.05, 3.63) is 59.7 Å². The van der Waals surface area contributed by atoms with E-state index in [2.05, 4.69) is 34.9 Å². The molecule has 7 nitrogen and oxygen atoms in total. The van der Waals surface area contributed by atoms with Crippen LogP contribution in [0.5, 0.6) is 0 Å². The van der Waals surface area contributed by atoms with Crippen LogP contribution in [0.3, 0.4) is 0 Å². The van der Waals surface area contributed by atoms with E-state index in [0.717, 1.165) is 22.3 Å². The lowest BCUT2D eigenvalue weighted by Crippen LogP contribution is -2.48. The molecule has 7 heteroatoms. The van der Waals surface area contributed by atoms with Gasteiger partial charge in [-0.05, 0) is 33.6 Å². The molecule has 0 aliphatic heterocycles. The Balaban J connectivity index is 1.61. The van der Waals surface area contributed by atoms with E-state index in [-0.39, 0.29) is 37.2 Å². The lowest BCUT2D eigenvalue weighted by atomic mass is 9.84. The molecular weight excluding hydrogens is 444 g/mol. The van der Waals surface area contributed by atoms with E-state index in [1.54, 1.807) is 0 Å². The van der Waals surface area contributed by atoms with Crippen LogP contribution in [0.1, 0.15) is 64.5 Å². The number of carboxylic acid groups (broad SMARTS) is 1. The highest BCUT2D eigenvalue weighted by Crippen LogP contribution is 2.44. The maximum atomic E-state index is 12.7. The standard InChI is InChI=1S/C28H36N2O5/c1-17(2)23(14-25(31)30-24(15-26(32)33)28(3,4)5)29-27(34)35-16-22-20-12-8-6-10-18(20)19-11-7-9-13-21(19)22/h6-13,17,22-24H,14-16H2,1-5H3,(H,29,34)(H,30,31)(H,32,33). The largest absolute Gasteiger partial charge is 0.481 e. The highest BCUT2D eigenvalue weighted by atomic mass is 16.5. The Morgan fingerprint density at radius 2 is 1.46 bits per heavy atom. The van der Waals surface area contributed by atoms with Gasteiger partial charge in [-0.2, -0.15) is 0 Å². The molecule has 35 heavy (non-hydrogen) atoms. The molecule has 3 N–H and O–H groups in total. The van der Waals surface area contributed by atoms with Crippen molar-refractivity contribution in [3.63, 3.8) is 0 Å². The number of hydrogen-bond donors (Lipinski definition) is 3. The van der Waals surface area contributed by atoms with Gasteiger partial charge in [-0.25, -0.2) is 4.79 Å². The number of amides is 2. The minimum absolute atomic E-state index is 0.0196. The third-order valence-corrected chi connectivity index (χ3v) is 6.62. The van der Waals surface area contributed by atoms with E-state index >= 15 is 0 Å². The lowest BCUT2D eigenvalue weighted by Gasteiger charge is -2.31. The molecule has 0 spiro atoms. The van der Waals surface area contributed by atoms with Gasteiger partial charge < -0.3 is 20.5 Å². The molecule has 2 aromatic rings. The zero-order valence-corrected chi connectivity index (χ0v) is 21.1. The summed E-state index contributed by atoms with van der Waals surface area (Å²) >= 11 is 0. The SMILES string of the molecule is CC(C)C(CC(=O)NC(CC(=O)O)C(C)(C)C)NC(=O)OCC1c2ccccc2-c2ccccc21. The Labute approximate surface area is 207 Å². The maximum Gasteiger partial charge on any atom is 0.407 e. The number of hydrogen-bond acceptors (Lipinski definition) is 4. The van der Waals surface area contributed by atoms with Crippen LogP contribution in [0.15, 0.2) is 48.5 Å². The molecule has 2 unspecified atom stereocenters. The second-order valence-corrected chi connectivity index (χ2v) is 10.6. The van der Waals surface area contributed by atoms with Gasteiger partial charge in [0.1, 0.15) is 6.61 Å². The average molecular weight is 481 g/mol. The summed E-state index contributed by atoms with van der Waals surface area (Å²) in [4.78, 5) is 36.7. The summed E-state index contributed by atoms with van der Waals surface area (Å²) in [5, 5.41) is 14.9. The summed E-state index contributed by atoms with van der Waals surface area (Å²) in [6.45, 7) is 9.68. The van der Waals surface area contributed by atoms with Crippen molar-refractivity contribution < 1.29 is 24.2 Å². The van der Waals surface area contributed by atoms with Crippen LogP contribution in [0.4, 0.5) is 4.79 Å². The van der Waals surface area contributed by atoms with Crippen LogP contribution >= 0.6 is 0 Å². The molecule has 0 fully saturated rings. The minimum Gasteiger partial charge on any atom is -0.481 e. The third kappa shape index (κ3) is 6.62. The first-order chi connectivity index (χ1) is 16.5. The fourth-order valence-corrected chi connectivity index (χ4v) is 4.45. The lowest BCUT2D eigenvalue weighted by molar-refractivity contribution is -0.138. The number of carbonyl (C=O) groups excluding carboxylic acids is 2. The van der Waals surface area contributed by atoms with Crippen molar-refractivity contribution >= 4 is 18.0 Å². The quantitative estimate of drug-likeness (QED) is 0.471. The first-order valence-electron chi connectivity index (χ1n) is 12.1. The predicted octanol–water partition coefficient (Wildman–Crippen LogP) is 4.95. The van der Waals surface area contributed by atoms with Gasteiger partial charge in [0.2, 0.25) is 5.91 Å². The van der Waals surface area contributed by atoms with E-state index in [0.29, 0.717) is 0 Å². The van der Waals surface area contributed by atoms with Crippen LogP contribution in [-0.2, 0) is 14.3 Å². The minimum atomic E-state index is -0.970. The zero-order valence-electron chi connectivity index (χ0n) is 21.1. The number of fused-ring (bicyclic) bond motifs is 3. The molecule has 0 radical (unpaired) electrons. The number of aliphatic carboxylic acids is 1. The van der Waals surface area contributed by atoms with Crippen LogP contribution < -0.4 is 10.6 Å². The predicted molar refractivity (Wildman–Crippen MR) is 135 cm³/mol. The van der Waals surface area contributed by atoms with Crippen LogP contribution in [0, 0.1) is 11.3 Å². The second-order valence-electron chi connectivity index (χ2n) is 10.6. The summed E-state index contributed by atoms with van der Waals surface area (Å²) < 4.78 is 5.63. The molecule has 0 saturated carbocycles. The highest BCUT2D eigenvalue weighted by Gasteiger charge is 2.31. The molecule has 0 aromatic heterocycles. The van der Waals surface area contributed by atoms with Crippen molar-refractivity contribution in [2.75, 3.05) is 6.61 Å². The van der Waals surface area contributed by atoms with Gasteiger partial charge in [0.15, 0.2) is 0 Å². The van der Waals surface area contributed by atoms with Crippen molar-refractivity contribution in [2.45, 2.75) is 65.5 Å². The van der Waals surface area contributed by atoms with Gasteiger partial charge in [0, 0.05) is 24.4 Å². The molecule has 0 bridgehead atoms. The van der Waals surface area contributed by atoms with Crippen LogP contribution in [0.25, 0.3) is 11.1 Å². The molecule has 3 rings (SSSR count). The van der Waals surface area contributed by atoms with E-state index in [4.69, 9.17) is 4.74 Å². The van der Waals surface area contributed by atoms with Crippen LogP contribution in [-0.4, -0.2) is 41.8 Å². The highest BCUT2D eigenvalue weighted by molar-refractivity contribution is 5.80. The van der Waals surface area contributed by atoms with Crippen LogP contribution in [0.2, 0.25) is 0 Å². The topological polar surface area (TPSA) is 105 Å². The zero-order chi connectivity index (χ0) is 25.8. The molecule has 188 valence electrons. The number of rotatable bonds is 9. The Morgan fingerprint density at radius 1 is 0.914 bits per heavy atom. The smallest absolute Gasteiger partial charge is 0.407 e. The Bertz CT molecular complexity index is 1030. The summed E-state index contributed by atoms with van der Waals surface area (Å²) in [6, 6.07) is 15.3. The number of alkyl carbamates (subject to hydrolysis) is 1. The molecular formula is C28H36N2O5. The maximum absolute atomic E-state index is 12.7. The van der Waals surface area contributed by atoms with Gasteiger partial charge in [0.05, 0.1) is 6.42 Å². The van der Waals surface area contributed by atoms with Gasteiger partial charge >= 0.3 is 12.1 Å². The van der Waals surface area contributed by atoms with Gasteiger partial charge in [-0.15, -0.1) is 0 Å². The Morgan fingerprint density at radius 3 is 1.94 bits per heavy atom. The fraction of sp³-hybridized carbons (Fsp3) is 0.464. The second kappa shape index (κ2) is 10.9. The first-order valence-corrected chi connectivity index (χ1v) is 12.1. The van der Waals surface area contributed by atoms with E-state index in [9.17, 15) is 19.5 Å². The third-order valence-electron chi connectivity index (χ3n) is 6.62. The van der Waals surface area contributed by atoms with Crippen molar-refractivity contribution in [1.29, 1.82) is 0 Å². The van der Waals surface area contributed by atoms with E-state index in [1.807, 2.05) is 58.9 Å². The van der Waals surface area contributed by atoms with Gasteiger partial charge in [-0.1, -0.05) is 83.1 Å². The summed E-state index contributed by atoms with van der Waals surface area (Å²) in [5.74, 6) is -1.34. The molecule has 0 heterocycles. The van der Waals surface area contributed by atoms with Gasteiger partial charge in [0.25, 0.3) is 0 Å². The molecule has 1 aliphatic carbocycles. The number of nitrogens with one attached hydrogen (secondary N) is 2. The van der Waals surface area contributed by atoms with Crippen molar-refractivity contribution in [1.82, 2.24) is 10.6 Å². The molecule has 1 aliphatic rings. The molecule has 2 atom stereocenters. The number of benzene rings is 2. The summed E-state index contributed by atoms with van der Waals surface area (Å²) in [5.41, 5.74) is 4.16. The monoisotopic (exact) mass is 480 g/mol. The average Bonchev–Trinajstić information content (AvgIpc) is 3.09. The molecule has 2 aromatic carbocycles. The number of ether oxygens (including phenoxy) is 1. The Hall–Kier alpha value is -3.35. The normalized spacial score (nSPS) is 14.6. The van der Waals surface area contributed by atoms with E-state index < -0.39 is 29.6 Å². The van der Waals surface area contributed by atoms with Gasteiger partial charge in [-0.3, -0.25) is 9.59 Å². The molecule has 0 saturated heterocycles. The van der Waals surface area contributed by atoms with E-state index in [1.165, 1.54) is 0 Å². The summed E-state index contributed by atoms with van der Waals surface area (Å²) in [6.07, 6.45) is -0.702. The van der Waals surface area contributed by atoms with Crippen molar-refractivity contribution in [2.24, 2.45) is 11.3 Å². The summed E-state index contributed by atoms with van der Waals surface area (Å²) in [7, 11) is 0. The Kier molecular flexibility index (Phi) is 8.20. The first kappa shape index (κ1) is 26.3.